The fraction of sp³-hybridized carbons (Fsp3) is 0.483. The maximum absolute atomic E-state index is 13.1. The molecule has 3 aromatic rings. The number of hydrogen-bond donors (Lipinski definition) is 2. The first kappa shape index (κ1) is 29.1. The van der Waals surface area contributed by atoms with Gasteiger partial charge in [0.05, 0.1) is 31.6 Å². The first-order valence-electron chi connectivity index (χ1n) is 14.1. The second kappa shape index (κ2) is 13.5. The third-order valence-electron chi connectivity index (χ3n) is 7.42. The minimum absolute atomic E-state index is 0.119. The van der Waals surface area contributed by atoms with E-state index in [0.717, 1.165) is 55.4 Å². The second-order valence-electron chi connectivity index (χ2n) is 10.1. The largest absolute Gasteiger partial charge is 0.497 e. The van der Waals surface area contributed by atoms with Crippen molar-refractivity contribution in [2.75, 3.05) is 24.8 Å². The second-order valence-corrected chi connectivity index (χ2v) is 12.1. The quantitative estimate of drug-likeness (QED) is 0.229. The van der Waals surface area contributed by atoms with E-state index in [1.54, 1.807) is 38.3 Å². The van der Waals surface area contributed by atoms with Crippen LogP contribution in [0.2, 0.25) is 0 Å². The van der Waals surface area contributed by atoms with Crippen LogP contribution in [0.1, 0.15) is 88.5 Å². The van der Waals surface area contributed by atoms with E-state index in [9.17, 15) is 14.4 Å². The zero-order valence-electron chi connectivity index (χ0n) is 23.4. The van der Waals surface area contributed by atoms with Crippen molar-refractivity contribution in [3.05, 3.63) is 51.7 Å². The Morgan fingerprint density at radius 2 is 1.85 bits per heavy atom. The predicted octanol–water partition coefficient (Wildman–Crippen LogP) is 5.18. The van der Waals surface area contributed by atoms with Gasteiger partial charge in [-0.15, -0.1) is 21.5 Å². The number of aryl methyl sites for hydroxylation is 1. The van der Waals surface area contributed by atoms with Crippen molar-refractivity contribution < 1.29 is 23.9 Å². The van der Waals surface area contributed by atoms with E-state index >= 15 is 0 Å². The van der Waals surface area contributed by atoms with Crippen molar-refractivity contribution in [3.8, 4) is 5.75 Å². The number of rotatable bonds is 11. The molecule has 41 heavy (non-hydrogen) atoms. The summed E-state index contributed by atoms with van der Waals surface area (Å²) >= 11 is 2.79. The van der Waals surface area contributed by atoms with Crippen molar-refractivity contribution in [1.82, 2.24) is 20.1 Å². The summed E-state index contributed by atoms with van der Waals surface area (Å²) < 4.78 is 12.5. The van der Waals surface area contributed by atoms with Gasteiger partial charge in [-0.1, -0.05) is 31.0 Å². The van der Waals surface area contributed by atoms with Crippen LogP contribution in [-0.2, 0) is 28.9 Å². The maximum atomic E-state index is 13.1. The molecule has 0 atom stereocenters. The Balaban J connectivity index is 1.27. The van der Waals surface area contributed by atoms with Crippen LogP contribution in [0, 0.1) is 0 Å². The van der Waals surface area contributed by atoms with Gasteiger partial charge in [-0.05, 0) is 68.9 Å². The van der Waals surface area contributed by atoms with Crippen LogP contribution in [-0.4, -0.2) is 52.0 Å². The van der Waals surface area contributed by atoms with Gasteiger partial charge in [0.2, 0.25) is 5.91 Å². The van der Waals surface area contributed by atoms with E-state index < -0.39 is 0 Å². The Labute approximate surface area is 247 Å². The van der Waals surface area contributed by atoms with E-state index in [-0.39, 0.29) is 42.7 Å². The number of hydrogen-bond acceptors (Lipinski definition) is 9. The highest BCUT2D eigenvalue weighted by atomic mass is 32.2. The highest BCUT2D eigenvalue weighted by Gasteiger charge is 2.29. The SMILES string of the molecule is CCOC(=O)c1c(NC(=O)CSc2nnc(CNC(=O)c3ccc(OC)cc3)n2C2CCCCC2)sc2c1CCC2. The molecular formula is C29H35N5O5S2. The number of aromatic nitrogens is 3. The number of fused-ring (bicyclic) bond motifs is 1. The lowest BCUT2D eigenvalue weighted by atomic mass is 9.95. The van der Waals surface area contributed by atoms with E-state index in [2.05, 4.69) is 25.4 Å². The van der Waals surface area contributed by atoms with Gasteiger partial charge in [0, 0.05) is 16.5 Å². The number of carbonyl (C=O) groups is 3. The third-order valence-corrected chi connectivity index (χ3v) is 9.57. The Kier molecular flexibility index (Phi) is 9.60. The number of thioether (sulfide) groups is 1. The van der Waals surface area contributed by atoms with Gasteiger partial charge in [0.25, 0.3) is 5.91 Å². The van der Waals surface area contributed by atoms with Crippen LogP contribution in [0.4, 0.5) is 5.00 Å². The average Bonchev–Trinajstić information content (AvgIpc) is 3.70. The minimum atomic E-state index is -0.381. The monoisotopic (exact) mass is 597 g/mol. The van der Waals surface area contributed by atoms with Crippen molar-refractivity contribution in [2.24, 2.45) is 0 Å². The number of esters is 1. The molecule has 0 bridgehead atoms. The molecule has 0 saturated heterocycles. The fourth-order valence-electron chi connectivity index (χ4n) is 5.44. The summed E-state index contributed by atoms with van der Waals surface area (Å²) in [4.78, 5) is 39.6. The van der Waals surface area contributed by atoms with Gasteiger partial charge in [-0.2, -0.15) is 0 Å². The highest BCUT2D eigenvalue weighted by molar-refractivity contribution is 7.99. The van der Waals surface area contributed by atoms with Crippen molar-refractivity contribution in [1.29, 1.82) is 0 Å². The first-order chi connectivity index (χ1) is 20.0. The van der Waals surface area contributed by atoms with Crippen LogP contribution in [0.25, 0.3) is 0 Å². The topological polar surface area (TPSA) is 124 Å². The highest BCUT2D eigenvalue weighted by Crippen LogP contribution is 2.40. The summed E-state index contributed by atoms with van der Waals surface area (Å²) in [6, 6.07) is 7.15. The van der Waals surface area contributed by atoms with Crippen molar-refractivity contribution in [3.63, 3.8) is 0 Å². The van der Waals surface area contributed by atoms with Crippen LogP contribution in [0.15, 0.2) is 29.4 Å². The molecule has 0 radical (unpaired) electrons. The zero-order chi connectivity index (χ0) is 28.8. The molecule has 12 heteroatoms. The predicted molar refractivity (Wildman–Crippen MR) is 158 cm³/mol. The Morgan fingerprint density at radius 1 is 1.07 bits per heavy atom. The maximum Gasteiger partial charge on any atom is 0.341 e. The normalized spacial score (nSPS) is 14.9. The summed E-state index contributed by atoms with van der Waals surface area (Å²) in [6.45, 7) is 2.29. The van der Waals surface area contributed by atoms with Gasteiger partial charge < -0.3 is 24.7 Å². The van der Waals surface area contributed by atoms with E-state index in [4.69, 9.17) is 9.47 Å². The summed E-state index contributed by atoms with van der Waals surface area (Å²) in [5, 5.41) is 15.9. The van der Waals surface area contributed by atoms with Gasteiger partial charge in [-0.3, -0.25) is 9.59 Å². The number of ether oxygens (including phenoxy) is 2. The Hall–Kier alpha value is -3.38. The molecule has 5 rings (SSSR count). The van der Waals surface area contributed by atoms with Gasteiger partial charge in [-0.25, -0.2) is 4.79 Å². The first-order valence-corrected chi connectivity index (χ1v) is 15.9. The minimum Gasteiger partial charge on any atom is -0.497 e. The molecule has 2 heterocycles. The summed E-state index contributed by atoms with van der Waals surface area (Å²) in [7, 11) is 1.58. The van der Waals surface area contributed by atoms with Crippen LogP contribution in [0.3, 0.4) is 0 Å². The Morgan fingerprint density at radius 3 is 2.59 bits per heavy atom. The van der Waals surface area contributed by atoms with Crippen molar-refractivity contribution in [2.45, 2.75) is 76.0 Å². The number of anilines is 1. The molecule has 2 aliphatic carbocycles. The number of amides is 2. The molecule has 218 valence electrons. The molecule has 1 saturated carbocycles. The molecule has 2 amide bonds. The fourth-order valence-corrected chi connectivity index (χ4v) is 7.56. The molecular weight excluding hydrogens is 562 g/mol. The molecule has 0 unspecified atom stereocenters. The molecule has 2 aliphatic rings. The molecule has 2 aromatic heterocycles. The summed E-state index contributed by atoms with van der Waals surface area (Å²) in [6.07, 6.45) is 8.18. The third kappa shape index (κ3) is 6.75. The standard InChI is InChI=1S/C29H35N5O5S2/c1-3-39-28(37)25-21-10-7-11-22(21)41-27(25)31-24(35)17-40-29-33-32-23(34(29)19-8-5-4-6-9-19)16-30-26(36)18-12-14-20(38-2)15-13-18/h12-15,19H,3-11,16-17H2,1-2H3,(H,30,36)(H,31,35). The van der Waals surface area contributed by atoms with Crippen LogP contribution >= 0.6 is 23.1 Å². The van der Waals surface area contributed by atoms with E-state index in [1.165, 1.54) is 29.5 Å². The van der Waals surface area contributed by atoms with Gasteiger partial charge in [0.15, 0.2) is 11.0 Å². The molecule has 1 aromatic carbocycles. The summed E-state index contributed by atoms with van der Waals surface area (Å²) in [5.74, 6) is 0.667. The lowest BCUT2D eigenvalue weighted by Crippen LogP contribution is -2.26. The van der Waals surface area contributed by atoms with Crippen LogP contribution < -0.4 is 15.4 Å². The number of methoxy groups -OCH3 is 1. The number of nitrogens with zero attached hydrogens (tertiary/aromatic N) is 3. The molecule has 0 spiro atoms. The van der Waals surface area contributed by atoms with E-state index in [1.807, 2.05) is 0 Å². The van der Waals surface area contributed by atoms with Gasteiger partial charge >= 0.3 is 5.97 Å². The lowest BCUT2D eigenvalue weighted by Gasteiger charge is -2.25. The number of nitrogens with one attached hydrogen (secondary N) is 2. The number of benzene rings is 1. The molecule has 10 nitrogen and oxygen atoms in total. The Bertz CT molecular complexity index is 1400. The lowest BCUT2D eigenvalue weighted by molar-refractivity contribution is -0.113. The molecule has 2 N–H and O–H groups in total. The number of thiophene rings is 1. The zero-order valence-corrected chi connectivity index (χ0v) is 25.0. The molecule has 0 aliphatic heterocycles. The van der Waals surface area contributed by atoms with Gasteiger partial charge in [0.1, 0.15) is 10.8 Å². The summed E-state index contributed by atoms with van der Waals surface area (Å²) in [5.41, 5.74) is 2.04. The van der Waals surface area contributed by atoms with Crippen molar-refractivity contribution >= 4 is 45.9 Å². The van der Waals surface area contributed by atoms with Crippen LogP contribution in [0.5, 0.6) is 5.75 Å². The number of carbonyl (C=O) groups excluding carboxylic acids is 3. The molecule has 1 fully saturated rings. The average molecular weight is 598 g/mol. The smallest absolute Gasteiger partial charge is 0.341 e. The van der Waals surface area contributed by atoms with E-state index in [0.29, 0.717) is 32.9 Å².